The van der Waals surface area contributed by atoms with E-state index in [-0.39, 0.29) is 0 Å². The molecule has 0 unspecified atom stereocenters. The summed E-state index contributed by atoms with van der Waals surface area (Å²) in [6.07, 6.45) is 0. The fraction of sp³-hybridized carbons (Fsp3) is 0.154. The number of aryl methyl sites for hydroxylation is 1. The second kappa shape index (κ2) is 4.76. The van der Waals surface area contributed by atoms with Crippen molar-refractivity contribution in [1.82, 2.24) is 4.98 Å². The Balaban J connectivity index is 2.51. The summed E-state index contributed by atoms with van der Waals surface area (Å²) in [5.74, 6) is 0. The maximum Gasteiger partial charge on any atom is 0.0620 e. The zero-order valence-electron chi connectivity index (χ0n) is 9.07. The molecule has 82 valence electrons. The van der Waals surface area contributed by atoms with Crippen molar-refractivity contribution in [1.29, 1.82) is 0 Å². The molecule has 0 aliphatic carbocycles. The van der Waals surface area contributed by atoms with Crippen LogP contribution in [-0.4, -0.2) is 4.98 Å². The van der Waals surface area contributed by atoms with E-state index >= 15 is 0 Å². The highest BCUT2D eigenvalue weighted by molar-refractivity contribution is 9.10. The first kappa shape index (κ1) is 11.3. The van der Waals surface area contributed by atoms with Gasteiger partial charge in [0.05, 0.1) is 5.69 Å². The van der Waals surface area contributed by atoms with Gasteiger partial charge >= 0.3 is 0 Å². The SMILES string of the molecule is Cc1ccc(-c2ccc(Br)cc2)c(CN)n1. The summed E-state index contributed by atoms with van der Waals surface area (Å²) in [5, 5.41) is 0. The van der Waals surface area contributed by atoms with Crippen LogP contribution in [0.3, 0.4) is 0 Å². The minimum absolute atomic E-state index is 0.465. The van der Waals surface area contributed by atoms with Gasteiger partial charge in [-0.1, -0.05) is 34.1 Å². The first-order valence-electron chi connectivity index (χ1n) is 5.13. The molecule has 1 heterocycles. The molecule has 1 aromatic carbocycles. The van der Waals surface area contributed by atoms with Gasteiger partial charge in [0, 0.05) is 22.3 Å². The van der Waals surface area contributed by atoms with E-state index in [1.807, 2.05) is 25.1 Å². The fourth-order valence-corrected chi connectivity index (χ4v) is 1.92. The maximum atomic E-state index is 5.72. The molecule has 16 heavy (non-hydrogen) atoms. The number of rotatable bonds is 2. The van der Waals surface area contributed by atoms with Crippen molar-refractivity contribution in [2.24, 2.45) is 5.73 Å². The second-order valence-electron chi connectivity index (χ2n) is 3.66. The Bertz CT molecular complexity index is 492. The van der Waals surface area contributed by atoms with Crippen LogP contribution >= 0.6 is 15.9 Å². The van der Waals surface area contributed by atoms with Crippen LogP contribution in [-0.2, 0) is 6.54 Å². The molecule has 1 aromatic heterocycles. The molecule has 2 N–H and O–H groups in total. The number of pyridine rings is 1. The van der Waals surface area contributed by atoms with Crippen molar-refractivity contribution < 1.29 is 0 Å². The molecule has 0 bridgehead atoms. The molecule has 0 fully saturated rings. The number of aromatic nitrogens is 1. The Hall–Kier alpha value is -1.19. The van der Waals surface area contributed by atoms with Crippen molar-refractivity contribution in [2.75, 3.05) is 0 Å². The second-order valence-corrected chi connectivity index (χ2v) is 4.57. The third-order valence-electron chi connectivity index (χ3n) is 2.46. The van der Waals surface area contributed by atoms with Crippen molar-refractivity contribution in [3.8, 4) is 11.1 Å². The van der Waals surface area contributed by atoms with E-state index < -0.39 is 0 Å². The highest BCUT2D eigenvalue weighted by atomic mass is 79.9. The highest BCUT2D eigenvalue weighted by Gasteiger charge is 2.05. The van der Waals surface area contributed by atoms with Crippen LogP contribution < -0.4 is 5.73 Å². The molecule has 0 spiro atoms. The minimum atomic E-state index is 0.465. The zero-order valence-corrected chi connectivity index (χ0v) is 10.7. The van der Waals surface area contributed by atoms with Gasteiger partial charge in [0.15, 0.2) is 0 Å². The van der Waals surface area contributed by atoms with Gasteiger partial charge in [0.25, 0.3) is 0 Å². The van der Waals surface area contributed by atoms with Crippen LogP contribution in [0.5, 0.6) is 0 Å². The molecular formula is C13H13BrN2. The summed E-state index contributed by atoms with van der Waals surface area (Å²) >= 11 is 3.42. The molecule has 0 aliphatic rings. The Labute approximate surface area is 104 Å². The van der Waals surface area contributed by atoms with Crippen molar-refractivity contribution in [3.63, 3.8) is 0 Å². The van der Waals surface area contributed by atoms with E-state index in [0.717, 1.165) is 27.0 Å². The van der Waals surface area contributed by atoms with Crippen LogP contribution in [0.15, 0.2) is 40.9 Å². The van der Waals surface area contributed by atoms with Crippen LogP contribution in [0.2, 0.25) is 0 Å². The Morgan fingerprint density at radius 1 is 1.12 bits per heavy atom. The van der Waals surface area contributed by atoms with Crippen LogP contribution in [0, 0.1) is 6.92 Å². The third-order valence-corrected chi connectivity index (χ3v) is 2.99. The lowest BCUT2D eigenvalue weighted by atomic mass is 10.0. The Morgan fingerprint density at radius 2 is 1.81 bits per heavy atom. The zero-order chi connectivity index (χ0) is 11.5. The molecule has 0 aliphatic heterocycles. The van der Waals surface area contributed by atoms with Gasteiger partial charge in [-0.05, 0) is 30.7 Å². The number of halogens is 1. The number of hydrogen-bond donors (Lipinski definition) is 1. The summed E-state index contributed by atoms with van der Waals surface area (Å²) in [6.45, 7) is 2.44. The number of benzene rings is 1. The third kappa shape index (κ3) is 2.31. The molecule has 0 saturated carbocycles. The highest BCUT2D eigenvalue weighted by Crippen LogP contribution is 2.24. The maximum absolute atomic E-state index is 5.72. The summed E-state index contributed by atoms with van der Waals surface area (Å²) < 4.78 is 1.07. The lowest BCUT2D eigenvalue weighted by molar-refractivity contribution is 0.973. The van der Waals surface area contributed by atoms with Gasteiger partial charge in [0.2, 0.25) is 0 Å². The van der Waals surface area contributed by atoms with Crippen molar-refractivity contribution in [3.05, 3.63) is 52.3 Å². The average Bonchev–Trinajstić information content (AvgIpc) is 2.30. The minimum Gasteiger partial charge on any atom is -0.325 e. The Morgan fingerprint density at radius 3 is 2.44 bits per heavy atom. The quantitative estimate of drug-likeness (QED) is 0.914. The summed E-state index contributed by atoms with van der Waals surface area (Å²) in [4.78, 5) is 4.45. The number of nitrogens with zero attached hydrogens (tertiary/aromatic N) is 1. The summed E-state index contributed by atoms with van der Waals surface area (Å²) in [7, 11) is 0. The lowest BCUT2D eigenvalue weighted by Crippen LogP contribution is -2.03. The van der Waals surface area contributed by atoms with Gasteiger partial charge in [0.1, 0.15) is 0 Å². The molecule has 2 rings (SSSR count). The number of hydrogen-bond acceptors (Lipinski definition) is 2. The van der Waals surface area contributed by atoms with Crippen molar-refractivity contribution in [2.45, 2.75) is 13.5 Å². The normalized spacial score (nSPS) is 10.4. The topological polar surface area (TPSA) is 38.9 Å². The molecular weight excluding hydrogens is 264 g/mol. The summed E-state index contributed by atoms with van der Waals surface area (Å²) in [5.41, 5.74) is 9.92. The van der Waals surface area contributed by atoms with Gasteiger partial charge in [-0.2, -0.15) is 0 Å². The molecule has 3 heteroatoms. The number of nitrogens with two attached hydrogens (primary N) is 1. The molecule has 0 amide bonds. The molecule has 0 atom stereocenters. The molecule has 0 radical (unpaired) electrons. The van der Waals surface area contributed by atoms with Gasteiger partial charge in [-0.25, -0.2) is 0 Å². The Kier molecular flexibility index (Phi) is 3.36. The molecule has 2 aromatic rings. The van der Waals surface area contributed by atoms with Gasteiger partial charge in [-0.3, -0.25) is 4.98 Å². The van der Waals surface area contributed by atoms with Crippen LogP contribution in [0.1, 0.15) is 11.4 Å². The van der Waals surface area contributed by atoms with Crippen LogP contribution in [0.25, 0.3) is 11.1 Å². The van der Waals surface area contributed by atoms with E-state index in [1.165, 1.54) is 0 Å². The lowest BCUT2D eigenvalue weighted by Gasteiger charge is -2.08. The largest absolute Gasteiger partial charge is 0.325 e. The van der Waals surface area contributed by atoms with E-state index in [9.17, 15) is 0 Å². The van der Waals surface area contributed by atoms with E-state index in [4.69, 9.17) is 5.73 Å². The van der Waals surface area contributed by atoms with E-state index in [0.29, 0.717) is 6.54 Å². The average molecular weight is 277 g/mol. The predicted molar refractivity (Wildman–Crippen MR) is 70.0 cm³/mol. The van der Waals surface area contributed by atoms with Crippen LogP contribution in [0.4, 0.5) is 0 Å². The van der Waals surface area contributed by atoms with Crippen molar-refractivity contribution >= 4 is 15.9 Å². The van der Waals surface area contributed by atoms with Gasteiger partial charge in [-0.15, -0.1) is 0 Å². The first-order chi connectivity index (χ1) is 7.70. The molecule has 0 saturated heterocycles. The predicted octanol–water partition coefficient (Wildman–Crippen LogP) is 3.28. The monoisotopic (exact) mass is 276 g/mol. The van der Waals surface area contributed by atoms with Gasteiger partial charge < -0.3 is 5.73 Å². The summed E-state index contributed by atoms with van der Waals surface area (Å²) in [6, 6.07) is 12.3. The van der Waals surface area contributed by atoms with E-state index in [1.54, 1.807) is 0 Å². The van der Waals surface area contributed by atoms with E-state index in [2.05, 4.69) is 39.1 Å². The smallest absolute Gasteiger partial charge is 0.0620 e. The fourth-order valence-electron chi connectivity index (χ4n) is 1.66. The standard InChI is InChI=1S/C13H13BrN2/c1-9-2-7-12(13(8-15)16-9)10-3-5-11(14)6-4-10/h2-7H,8,15H2,1H3. The first-order valence-corrected chi connectivity index (χ1v) is 5.92. The molecule has 2 nitrogen and oxygen atoms in total.